The van der Waals surface area contributed by atoms with Gasteiger partial charge in [0.25, 0.3) is 0 Å². The predicted molar refractivity (Wildman–Crippen MR) is 88.4 cm³/mol. The van der Waals surface area contributed by atoms with Gasteiger partial charge in [0.15, 0.2) is 0 Å². The third kappa shape index (κ3) is 6.01. The molecule has 0 fully saturated rings. The summed E-state index contributed by atoms with van der Waals surface area (Å²) in [5.74, 6) is 4.10. The van der Waals surface area contributed by atoms with Gasteiger partial charge in [-0.25, -0.2) is 0 Å². The number of hydrogen-bond acceptors (Lipinski definition) is 2. The maximum absolute atomic E-state index is 12.0. The Labute approximate surface area is 142 Å². The Morgan fingerprint density at radius 3 is 2.54 bits per heavy atom. The predicted octanol–water partition coefficient (Wildman–Crippen LogP) is 4.01. The number of nitrogens with one attached hydrogen (secondary N) is 1. The monoisotopic (exact) mass is 349 g/mol. The molecule has 2 nitrogen and oxygen atoms in total. The molecule has 0 spiro atoms. The largest absolute Gasteiger partial charge is 0.471 e. The summed E-state index contributed by atoms with van der Waals surface area (Å²) in [4.78, 5) is 11.7. The first kappa shape index (κ1) is 18.0. The van der Waals surface area contributed by atoms with E-state index in [0.717, 1.165) is 10.6 Å². The van der Waals surface area contributed by atoms with Crippen LogP contribution in [0.5, 0.6) is 0 Å². The Balaban J connectivity index is 1.89. The molecule has 0 saturated carbocycles. The fraction of sp³-hybridized carbons (Fsp3) is 0.167. The Bertz CT molecular complexity index is 748. The first-order valence-corrected chi connectivity index (χ1v) is 8.04. The minimum Gasteiger partial charge on any atom is -0.337 e. The number of carbonyl (C=O) groups is 1. The molecular formula is C18H14F3NOS. The molecule has 0 aliphatic carbocycles. The van der Waals surface area contributed by atoms with Crippen LogP contribution in [-0.4, -0.2) is 18.6 Å². The van der Waals surface area contributed by atoms with Crippen molar-refractivity contribution in [3.63, 3.8) is 0 Å². The van der Waals surface area contributed by atoms with E-state index in [2.05, 4.69) is 11.8 Å². The first-order valence-electron chi connectivity index (χ1n) is 7.06. The molecule has 2 rings (SSSR count). The summed E-state index contributed by atoms with van der Waals surface area (Å²) in [5.41, 5.74) is 1.89. The molecule has 0 saturated heterocycles. The van der Waals surface area contributed by atoms with Crippen LogP contribution in [0.3, 0.4) is 0 Å². The zero-order valence-corrected chi connectivity index (χ0v) is 13.4. The average Bonchev–Trinajstić information content (AvgIpc) is 2.57. The van der Waals surface area contributed by atoms with Gasteiger partial charge in [0.1, 0.15) is 0 Å². The highest BCUT2D eigenvalue weighted by Crippen LogP contribution is 2.23. The van der Waals surface area contributed by atoms with E-state index < -0.39 is 12.1 Å². The van der Waals surface area contributed by atoms with E-state index in [1.54, 1.807) is 23.1 Å². The van der Waals surface area contributed by atoms with Crippen molar-refractivity contribution >= 4 is 17.7 Å². The van der Waals surface area contributed by atoms with E-state index >= 15 is 0 Å². The fourth-order valence-corrected chi connectivity index (χ4v) is 2.69. The van der Waals surface area contributed by atoms with E-state index in [4.69, 9.17) is 0 Å². The van der Waals surface area contributed by atoms with Gasteiger partial charge in [-0.15, -0.1) is 11.8 Å². The van der Waals surface area contributed by atoms with E-state index in [0.29, 0.717) is 5.56 Å². The van der Waals surface area contributed by atoms with Crippen LogP contribution in [-0.2, 0) is 10.5 Å². The minimum absolute atomic E-state index is 0.347. The molecule has 0 aliphatic heterocycles. The van der Waals surface area contributed by atoms with Crippen LogP contribution < -0.4 is 5.32 Å². The Morgan fingerprint density at radius 1 is 1.08 bits per heavy atom. The Kier molecular flexibility index (Phi) is 6.33. The number of hydrogen-bond donors (Lipinski definition) is 1. The van der Waals surface area contributed by atoms with Crippen LogP contribution in [0.1, 0.15) is 11.1 Å². The van der Waals surface area contributed by atoms with Gasteiger partial charge >= 0.3 is 12.1 Å². The van der Waals surface area contributed by atoms with E-state index in [1.165, 1.54) is 5.56 Å². The fourth-order valence-electron chi connectivity index (χ4n) is 1.78. The van der Waals surface area contributed by atoms with E-state index in [9.17, 15) is 18.0 Å². The highest BCUT2D eigenvalue weighted by molar-refractivity contribution is 7.98. The molecule has 124 valence electrons. The number of rotatable bonds is 4. The zero-order valence-electron chi connectivity index (χ0n) is 12.6. The lowest BCUT2D eigenvalue weighted by atomic mass is 10.2. The molecule has 2 aromatic rings. The van der Waals surface area contributed by atoms with Crippen molar-refractivity contribution in [2.24, 2.45) is 0 Å². The van der Waals surface area contributed by atoms with Gasteiger partial charge in [0.2, 0.25) is 0 Å². The molecule has 0 radical (unpaired) electrons. The summed E-state index contributed by atoms with van der Waals surface area (Å²) >= 11 is 1.65. The normalized spacial score (nSPS) is 10.6. The number of carbonyl (C=O) groups excluding carboxylic acids is 1. The Morgan fingerprint density at radius 2 is 1.83 bits per heavy atom. The molecule has 0 heterocycles. The van der Waals surface area contributed by atoms with Gasteiger partial charge in [-0.05, 0) is 23.8 Å². The van der Waals surface area contributed by atoms with Gasteiger partial charge in [0, 0.05) is 16.2 Å². The van der Waals surface area contributed by atoms with Crippen molar-refractivity contribution in [1.82, 2.24) is 5.32 Å². The highest BCUT2D eigenvalue weighted by Gasteiger charge is 2.38. The maximum atomic E-state index is 12.0. The van der Waals surface area contributed by atoms with Crippen molar-refractivity contribution < 1.29 is 18.0 Å². The van der Waals surface area contributed by atoms with Gasteiger partial charge in [-0.3, -0.25) is 4.79 Å². The smallest absolute Gasteiger partial charge is 0.337 e. The van der Waals surface area contributed by atoms with Gasteiger partial charge in [-0.1, -0.05) is 48.2 Å². The molecule has 24 heavy (non-hydrogen) atoms. The second kappa shape index (κ2) is 8.46. The van der Waals surface area contributed by atoms with Crippen molar-refractivity contribution in [1.29, 1.82) is 0 Å². The highest BCUT2D eigenvalue weighted by atomic mass is 32.2. The number of thioether (sulfide) groups is 1. The van der Waals surface area contributed by atoms with Gasteiger partial charge < -0.3 is 5.32 Å². The summed E-state index contributed by atoms with van der Waals surface area (Å²) in [7, 11) is 0. The average molecular weight is 349 g/mol. The van der Waals surface area contributed by atoms with E-state index in [1.807, 2.05) is 48.5 Å². The van der Waals surface area contributed by atoms with Crippen LogP contribution in [0, 0.1) is 11.8 Å². The van der Waals surface area contributed by atoms with Crippen LogP contribution in [0.2, 0.25) is 0 Å². The van der Waals surface area contributed by atoms with Crippen molar-refractivity contribution in [2.45, 2.75) is 16.8 Å². The number of alkyl halides is 3. The summed E-state index contributed by atoms with van der Waals surface area (Å²) < 4.78 is 36.0. The second-order valence-corrected chi connectivity index (χ2v) is 5.83. The Hall–Kier alpha value is -2.39. The van der Waals surface area contributed by atoms with Crippen LogP contribution in [0.25, 0.3) is 0 Å². The summed E-state index contributed by atoms with van der Waals surface area (Å²) in [6.07, 6.45) is -4.88. The zero-order chi connectivity index (χ0) is 17.4. The first-order chi connectivity index (χ1) is 11.4. The molecule has 0 bridgehead atoms. The molecular weight excluding hydrogens is 335 g/mol. The SMILES string of the molecule is O=C(NCC#Cc1cccc(SCc2ccccc2)c1)C(F)(F)F. The molecule has 1 N–H and O–H groups in total. The lowest BCUT2D eigenvalue weighted by molar-refractivity contribution is -0.173. The third-order valence-corrected chi connectivity index (χ3v) is 3.97. The van der Waals surface area contributed by atoms with Crippen molar-refractivity contribution in [3.05, 3.63) is 65.7 Å². The maximum Gasteiger partial charge on any atom is 0.471 e. The van der Waals surface area contributed by atoms with Crippen LogP contribution >= 0.6 is 11.8 Å². The molecule has 0 aromatic heterocycles. The van der Waals surface area contributed by atoms with Gasteiger partial charge in [0.05, 0.1) is 6.54 Å². The van der Waals surface area contributed by atoms with Crippen LogP contribution in [0.4, 0.5) is 13.2 Å². The molecule has 1 amide bonds. The molecule has 0 atom stereocenters. The summed E-state index contributed by atoms with van der Waals surface area (Å²) in [6, 6.07) is 17.4. The molecule has 2 aromatic carbocycles. The topological polar surface area (TPSA) is 29.1 Å². The number of benzene rings is 2. The van der Waals surface area contributed by atoms with Crippen LogP contribution in [0.15, 0.2) is 59.5 Å². The number of halogens is 3. The molecule has 6 heteroatoms. The lowest BCUT2D eigenvalue weighted by Gasteiger charge is -2.04. The third-order valence-electron chi connectivity index (χ3n) is 2.91. The number of amides is 1. The minimum atomic E-state index is -4.88. The summed E-state index contributed by atoms with van der Waals surface area (Å²) in [5, 5.41) is 1.71. The standard InChI is InChI=1S/C18H14F3NOS/c19-18(20,21)17(23)22-11-5-9-14-8-4-10-16(12-14)24-13-15-6-2-1-3-7-15/h1-4,6-8,10,12H,11,13H2,(H,22,23). The quantitative estimate of drug-likeness (QED) is 0.668. The van der Waals surface area contributed by atoms with Gasteiger partial charge in [-0.2, -0.15) is 13.2 Å². The molecule has 0 aliphatic rings. The second-order valence-electron chi connectivity index (χ2n) is 4.78. The van der Waals surface area contributed by atoms with Crippen molar-refractivity contribution in [2.75, 3.05) is 6.54 Å². The summed E-state index contributed by atoms with van der Waals surface area (Å²) in [6.45, 7) is -0.347. The van der Waals surface area contributed by atoms with Crippen molar-refractivity contribution in [3.8, 4) is 11.8 Å². The lowest BCUT2D eigenvalue weighted by Crippen LogP contribution is -2.36. The van der Waals surface area contributed by atoms with E-state index in [-0.39, 0.29) is 6.54 Å². The molecule has 0 unspecified atom stereocenters.